The van der Waals surface area contributed by atoms with Crippen molar-refractivity contribution in [2.75, 3.05) is 77.3 Å². The molecule has 0 amide bonds. The van der Waals surface area contributed by atoms with Crippen LogP contribution in [-0.4, -0.2) is 147 Å². The van der Waals surface area contributed by atoms with Crippen LogP contribution in [0.3, 0.4) is 0 Å². The van der Waals surface area contributed by atoms with Gasteiger partial charge < -0.3 is 31.5 Å². The summed E-state index contributed by atoms with van der Waals surface area (Å²) >= 11 is 4.86. The maximum Gasteiger partial charge on any atom is 0.317 e. The molecule has 1 atom stereocenters. The molecule has 1 aromatic rings. The third-order valence-electron chi connectivity index (χ3n) is 6.26. The second-order valence-electron chi connectivity index (χ2n) is 9.38. The molecule has 1 heterocycles. The number of hydrogen-bond donors (Lipinski definition) is 6. The molecule has 7 N–H and O–H groups in total. The molecule has 15 heteroatoms. The van der Waals surface area contributed by atoms with Crippen molar-refractivity contribution in [1.29, 1.82) is 0 Å². The van der Waals surface area contributed by atoms with Crippen LogP contribution in [0.25, 0.3) is 0 Å². The second-order valence-corrected chi connectivity index (χ2v) is 9.82. The van der Waals surface area contributed by atoms with Crippen molar-refractivity contribution in [3.05, 3.63) is 29.8 Å². The number of nitrogens with two attached hydrogens (primary N) is 1. The molecule has 39 heavy (non-hydrogen) atoms. The third-order valence-corrected chi connectivity index (χ3v) is 6.36. The first kappa shape index (κ1) is 31.8. The fourth-order valence-electron chi connectivity index (χ4n) is 4.49. The van der Waals surface area contributed by atoms with Gasteiger partial charge in [-0.2, -0.15) is 0 Å². The number of carboxylic acids is 4. The summed E-state index contributed by atoms with van der Waals surface area (Å²) in [7, 11) is 0. The lowest BCUT2D eigenvalue weighted by Crippen LogP contribution is -2.53. The van der Waals surface area contributed by atoms with E-state index in [0.717, 1.165) is 5.56 Å². The van der Waals surface area contributed by atoms with Gasteiger partial charge in [0.05, 0.1) is 26.2 Å². The Morgan fingerprint density at radius 1 is 0.744 bits per heavy atom. The molecule has 14 nitrogen and oxygen atoms in total. The molecule has 0 aromatic heterocycles. The lowest BCUT2D eigenvalue weighted by atomic mass is 10.0. The van der Waals surface area contributed by atoms with Gasteiger partial charge in [0.2, 0.25) is 0 Å². The molecule has 1 fully saturated rings. The maximum absolute atomic E-state index is 11.8. The Bertz CT molecular complexity index is 1010. The Morgan fingerprint density at radius 2 is 1.18 bits per heavy atom. The van der Waals surface area contributed by atoms with Crippen molar-refractivity contribution in [2.45, 2.75) is 12.5 Å². The number of thiocarbonyl (C=S) groups is 1. The van der Waals surface area contributed by atoms with E-state index in [1.54, 1.807) is 31.7 Å². The molecule has 1 aliphatic rings. The highest BCUT2D eigenvalue weighted by Crippen LogP contribution is 2.16. The molecular weight excluding hydrogens is 532 g/mol. The average molecular weight is 569 g/mol. The fraction of sp³-hybridized carbons (Fsp3) is 0.542. The fourth-order valence-corrected chi connectivity index (χ4v) is 4.61. The van der Waals surface area contributed by atoms with Crippen molar-refractivity contribution >= 4 is 46.9 Å². The summed E-state index contributed by atoms with van der Waals surface area (Å²) < 4.78 is 0. The summed E-state index contributed by atoms with van der Waals surface area (Å²) in [5.41, 5.74) is 7.07. The second kappa shape index (κ2) is 15.9. The van der Waals surface area contributed by atoms with Crippen molar-refractivity contribution in [3.8, 4) is 0 Å². The van der Waals surface area contributed by atoms with Gasteiger partial charge in [0, 0.05) is 57.5 Å². The van der Waals surface area contributed by atoms with Crippen LogP contribution in [0.1, 0.15) is 5.56 Å². The molecule has 216 valence electrons. The van der Waals surface area contributed by atoms with Gasteiger partial charge in [-0.15, -0.1) is 0 Å². The lowest BCUT2D eigenvalue weighted by molar-refractivity contribution is -0.142. The van der Waals surface area contributed by atoms with Crippen molar-refractivity contribution in [2.24, 2.45) is 5.73 Å². The smallest absolute Gasteiger partial charge is 0.317 e. The predicted octanol–water partition coefficient (Wildman–Crippen LogP) is -1.19. The molecule has 0 bridgehead atoms. The van der Waals surface area contributed by atoms with E-state index in [1.165, 1.54) is 0 Å². The van der Waals surface area contributed by atoms with Gasteiger partial charge >= 0.3 is 23.9 Å². The topological polar surface area (TPSA) is 200 Å². The minimum Gasteiger partial charge on any atom is -0.480 e. The summed E-state index contributed by atoms with van der Waals surface area (Å²) in [4.78, 5) is 53.0. The molecule has 2 rings (SSSR count). The van der Waals surface area contributed by atoms with Crippen LogP contribution in [0.15, 0.2) is 24.3 Å². The standard InChI is InChI=1S/C24H36N6O8S/c25-24(39)26-18-3-1-17(2-4-18)11-19-12-29(15-22(35)36)8-7-27(13-20(31)32)5-6-28(14-21(33)34)9-10-30(19)16-23(37)38/h1-4,19H,5-16H2,(H,31,32)(H,33,34)(H,35,36)(H,37,38)(H3,25,26,39). The Kier molecular flexibility index (Phi) is 13.0. The molecule has 0 aliphatic carbocycles. The third kappa shape index (κ3) is 12.8. The van der Waals surface area contributed by atoms with E-state index in [1.807, 2.05) is 12.1 Å². The zero-order valence-electron chi connectivity index (χ0n) is 21.6. The first-order valence-corrected chi connectivity index (χ1v) is 12.8. The van der Waals surface area contributed by atoms with Crippen molar-refractivity contribution in [3.63, 3.8) is 0 Å². The van der Waals surface area contributed by atoms with Gasteiger partial charge in [0.25, 0.3) is 0 Å². The number of nitrogens with one attached hydrogen (secondary N) is 1. The number of carboxylic acid groups (broad SMARTS) is 4. The number of anilines is 1. The van der Waals surface area contributed by atoms with Gasteiger partial charge in [-0.1, -0.05) is 12.1 Å². The van der Waals surface area contributed by atoms with Crippen LogP contribution in [-0.2, 0) is 25.6 Å². The van der Waals surface area contributed by atoms with E-state index in [0.29, 0.717) is 12.1 Å². The van der Waals surface area contributed by atoms with Crippen molar-refractivity contribution in [1.82, 2.24) is 19.6 Å². The highest BCUT2D eigenvalue weighted by molar-refractivity contribution is 7.80. The van der Waals surface area contributed by atoms with Crippen LogP contribution < -0.4 is 11.1 Å². The predicted molar refractivity (Wildman–Crippen MR) is 146 cm³/mol. The molecule has 0 saturated carbocycles. The van der Waals surface area contributed by atoms with Crippen LogP contribution >= 0.6 is 12.2 Å². The summed E-state index contributed by atoms with van der Waals surface area (Å²) in [6.07, 6.45) is 0.383. The van der Waals surface area contributed by atoms with Gasteiger partial charge in [-0.05, 0) is 36.3 Å². The lowest BCUT2D eigenvalue weighted by Gasteiger charge is -2.37. The van der Waals surface area contributed by atoms with Crippen LogP contribution in [0.5, 0.6) is 0 Å². The molecule has 1 saturated heterocycles. The van der Waals surface area contributed by atoms with Gasteiger partial charge in [-0.25, -0.2) is 0 Å². The van der Waals surface area contributed by atoms with Gasteiger partial charge in [-0.3, -0.25) is 38.8 Å². The van der Waals surface area contributed by atoms with Gasteiger partial charge in [0.15, 0.2) is 5.11 Å². The summed E-state index contributed by atoms with van der Waals surface area (Å²) in [6, 6.07) is 6.79. The van der Waals surface area contributed by atoms with E-state index in [-0.39, 0.29) is 77.1 Å². The highest BCUT2D eigenvalue weighted by Gasteiger charge is 2.27. The Hall–Kier alpha value is -3.37. The number of carbonyl (C=O) groups is 4. The molecular formula is C24H36N6O8S. The Balaban J connectivity index is 2.39. The first-order valence-electron chi connectivity index (χ1n) is 12.3. The minimum absolute atomic E-state index is 0.113. The Labute approximate surface area is 231 Å². The van der Waals surface area contributed by atoms with E-state index >= 15 is 0 Å². The zero-order chi connectivity index (χ0) is 28.9. The molecule has 0 spiro atoms. The van der Waals surface area contributed by atoms with Crippen LogP contribution in [0.2, 0.25) is 0 Å². The number of nitrogens with zero attached hydrogens (tertiary/aromatic N) is 4. The highest BCUT2D eigenvalue weighted by atomic mass is 32.1. The summed E-state index contributed by atoms with van der Waals surface area (Å²) in [5, 5.41) is 40.8. The quantitative estimate of drug-likeness (QED) is 0.174. The average Bonchev–Trinajstić information content (AvgIpc) is 2.81. The first-order chi connectivity index (χ1) is 18.4. The Morgan fingerprint density at radius 3 is 1.64 bits per heavy atom. The molecule has 0 radical (unpaired) electrons. The zero-order valence-corrected chi connectivity index (χ0v) is 22.4. The number of benzene rings is 1. The molecule has 1 unspecified atom stereocenters. The van der Waals surface area contributed by atoms with E-state index in [2.05, 4.69) is 5.32 Å². The monoisotopic (exact) mass is 568 g/mol. The number of rotatable bonds is 11. The number of hydrogen-bond acceptors (Lipinski definition) is 9. The SMILES string of the molecule is NC(=S)Nc1ccc(CC2CN(CC(=O)O)CCN(CC(=O)O)CCN(CC(=O)O)CCN2CC(=O)O)cc1. The summed E-state index contributed by atoms with van der Waals surface area (Å²) in [6.45, 7) is 0.441. The maximum atomic E-state index is 11.8. The normalized spacial score (nSPS) is 18.9. The van der Waals surface area contributed by atoms with Crippen molar-refractivity contribution < 1.29 is 39.6 Å². The molecule has 1 aliphatic heterocycles. The van der Waals surface area contributed by atoms with Crippen LogP contribution in [0.4, 0.5) is 5.69 Å². The van der Waals surface area contributed by atoms with E-state index in [4.69, 9.17) is 18.0 Å². The van der Waals surface area contributed by atoms with E-state index < -0.39 is 29.9 Å². The summed E-state index contributed by atoms with van der Waals surface area (Å²) in [5.74, 6) is -4.22. The van der Waals surface area contributed by atoms with Gasteiger partial charge in [0.1, 0.15) is 0 Å². The largest absolute Gasteiger partial charge is 0.480 e. The number of aliphatic carboxylic acids is 4. The van der Waals surface area contributed by atoms with Crippen LogP contribution in [0, 0.1) is 0 Å². The van der Waals surface area contributed by atoms with E-state index in [9.17, 15) is 39.6 Å². The minimum atomic E-state index is -1.06. The molecule has 1 aromatic carbocycles.